The van der Waals surface area contributed by atoms with Crippen molar-refractivity contribution < 1.29 is 19.8 Å². The van der Waals surface area contributed by atoms with E-state index in [0.717, 1.165) is 37.5 Å². The molecule has 0 aliphatic heterocycles. The van der Waals surface area contributed by atoms with Crippen LogP contribution in [0.3, 0.4) is 0 Å². The van der Waals surface area contributed by atoms with Gasteiger partial charge >= 0.3 is 5.97 Å². The van der Waals surface area contributed by atoms with Crippen molar-refractivity contribution in [2.45, 2.75) is 106 Å². The van der Waals surface area contributed by atoms with Crippen LogP contribution >= 0.6 is 0 Å². The van der Waals surface area contributed by atoms with E-state index in [2.05, 4.69) is 41.5 Å². The molecular formula is C30H48O4. The fourth-order valence-electron chi connectivity index (χ4n) is 10.2. The fourth-order valence-corrected chi connectivity index (χ4v) is 10.2. The fraction of sp³-hybridized carbons (Fsp3) is 0.867. The van der Waals surface area contributed by atoms with E-state index in [1.165, 1.54) is 38.5 Å². The van der Waals surface area contributed by atoms with Crippen molar-refractivity contribution in [3.63, 3.8) is 0 Å². The number of hydrogen-bond acceptors (Lipinski definition) is 3. The Morgan fingerprint density at radius 1 is 1.00 bits per heavy atom. The highest BCUT2D eigenvalue weighted by atomic mass is 16.4. The molecule has 4 heteroatoms. The minimum Gasteiger partial charge on any atom is -0.478 e. The molecule has 0 spiro atoms. The van der Waals surface area contributed by atoms with Crippen molar-refractivity contribution in [2.75, 3.05) is 6.61 Å². The van der Waals surface area contributed by atoms with Crippen LogP contribution in [0.25, 0.3) is 0 Å². The van der Waals surface area contributed by atoms with Gasteiger partial charge in [-0.2, -0.15) is 0 Å². The first-order valence-corrected chi connectivity index (χ1v) is 13.9. The van der Waals surface area contributed by atoms with Gasteiger partial charge in [-0.15, -0.1) is 0 Å². The number of carbonyl (C=O) groups excluding carboxylic acids is 1. The van der Waals surface area contributed by atoms with E-state index >= 15 is 0 Å². The maximum atomic E-state index is 12.8. The summed E-state index contributed by atoms with van der Waals surface area (Å²) in [5.74, 6) is 2.70. The molecule has 192 valence electrons. The first-order chi connectivity index (χ1) is 15.8. The summed E-state index contributed by atoms with van der Waals surface area (Å²) < 4.78 is 0. The third-order valence-corrected chi connectivity index (χ3v) is 12.4. The Morgan fingerprint density at radius 3 is 2.32 bits per heavy atom. The van der Waals surface area contributed by atoms with Crippen molar-refractivity contribution in [1.29, 1.82) is 0 Å². The smallest absolute Gasteiger partial charge is 0.333 e. The zero-order chi connectivity index (χ0) is 25.1. The summed E-state index contributed by atoms with van der Waals surface area (Å²) in [6.07, 6.45) is 12.9. The molecule has 4 aliphatic carbocycles. The van der Waals surface area contributed by atoms with Gasteiger partial charge in [-0.1, -0.05) is 47.6 Å². The van der Waals surface area contributed by atoms with Gasteiger partial charge in [0.15, 0.2) is 0 Å². The second-order valence-electron chi connectivity index (χ2n) is 13.8. The Bertz CT molecular complexity index is 858. The van der Waals surface area contributed by atoms with Crippen molar-refractivity contribution in [3.05, 3.63) is 11.6 Å². The lowest BCUT2D eigenvalue weighted by molar-refractivity contribution is -0.183. The van der Waals surface area contributed by atoms with Crippen LogP contribution in [-0.2, 0) is 9.59 Å². The number of aliphatic hydroxyl groups excluding tert-OH is 1. The van der Waals surface area contributed by atoms with Gasteiger partial charge in [-0.05, 0) is 104 Å². The third kappa shape index (κ3) is 3.64. The predicted octanol–water partition coefficient (Wildman–Crippen LogP) is 6.66. The zero-order valence-corrected chi connectivity index (χ0v) is 22.5. The minimum absolute atomic E-state index is 0.120. The molecule has 0 unspecified atom stereocenters. The van der Waals surface area contributed by atoms with Gasteiger partial charge < -0.3 is 10.2 Å². The minimum atomic E-state index is -1.01. The van der Waals surface area contributed by atoms with Crippen LogP contribution < -0.4 is 0 Å². The molecule has 0 heterocycles. The van der Waals surface area contributed by atoms with Gasteiger partial charge in [0.1, 0.15) is 5.78 Å². The van der Waals surface area contributed by atoms with E-state index in [-0.39, 0.29) is 16.4 Å². The summed E-state index contributed by atoms with van der Waals surface area (Å²) in [4.78, 5) is 24.0. The van der Waals surface area contributed by atoms with Gasteiger partial charge in [0.05, 0.1) is 12.2 Å². The Hall–Kier alpha value is -1.16. The Labute approximate surface area is 207 Å². The lowest BCUT2D eigenvalue weighted by atomic mass is 9.38. The lowest BCUT2D eigenvalue weighted by Crippen LogP contribution is -2.61. The molecule has 4 saturated carbocycles. The number of ketones is 1. The molecule has 0 bridgehead atoms. The summed E-state index contributed by atoms with van der Waals surface area (Å²) in [6.45, 7) is 14.1. The van der Waals surface area contributed by atoms with E-state index < -0.39 is 12.6 Å². The summed E-state index contributed by atoms with van der Waals surface area (Å²) in [5, 5.41) is 18.5. The highest BCUT2D eigenvalue weighted by molar-refractivity contribution is 5.86. The molecule has 0 amide bonds. The van der Waals surface area contributed by atoms with Crippen molar-refractivity contribution in [2.24, 2.45) is 51.2 Å². The monoisotopic (exact) mass is 472 g/mol. The Balaban J connectivity index is 1.53. The molecule has 4 fully saturated rings. The predicted molar refractivity (Wildman–Crippen MR) is 135 cm³/mol. The van der Waals surface area contributed by atoms with Crippen LogP contribution in [-0.4, -0.2) is 28.6 Å². The Kier molecular flexibility index (Phi) is 6.67. The van der Waals surface area contributed by atoms with E-state index in [4.69, 9.17) is 0 Å². The highest BCUT2D eigenvalue weighted by Crippen LogP contribution is 2.74. The summed E-state index contributed by atoms with van der Waals surface area (Å²) in [6, 6.07) is 0. The van der Waals surface area contributed by atoms with Crippen LogP contribution in [0, 0.1) is 51.2 Å². The summed E-state index contributed by atoms with van der Waals surface area (Å²) >= 11 is 0. The normalized spacial score (nSPS) is 44.7. The first-order valence-electron chi connectivity index (χ1n) is 13.9. The molecule has 4 rings (SSSR count). The molecule has 0 aromatic heterocycles. The molecule has 4 nitrogen and oxygen atoms in total. The van der Waals surface area contributed by atoms with Crippen LogP contribution in [0.15, 0.2) is 11.6 Å². The second kappa shape index (κ2) is 8.75. The first kappa shape index (κ1) is 25.9. The molecule has 8 atom stereocenters. The second-order valence-corrected chi connectivity index (χ2v) is 13.8. The zero-order valence-electron chi connectivity index (χ0n) is 22.5. The number of carboxylic acids is 1. The van der Waals surface area contributed by atoms with E-state index in [9.17, 15) is 19.8 Å². The number of aliphatic hydroxyl groups is 1. The maximum Gasteiger partial charge on any atom is 0.333 e. The molecule has 34 heavy (non-hydrogen) atoms. The number of fused-ring (bicyclic) bond motifs is 5. The van der Waals surface area contributed by atoms with Crippen LogP contribution in [0.1, 0.15) is 106 Å². The average Bonchev–Trinajstić information content (AvgIpc) is 3.05. The van der Waals surface area contributed by atoms with Crippen molar-refractivity contribution in [1.82, 2.24) is 0 Å². The molecule has 0 aromatic rings. The standard InChI is InChI=1S/C30H48O4/c1-19(8-7-9-20(18-31)26(33)34)21-12-16-30(6)23-10-11-24-27(2,3)25(32)14-15-28(24,4)22(23)13-17-29(21,30)5/h9,19,21-24,31H,7-8,10-18H2,1-6H3,(H,33,34)/b20-9+/t19-,21-,22+,23-,24-,28+,29+,30+/m0/s1. The van der Waals surface area contributed by atoms with Gasteiger partial charge in [-0.25, -0.2) is 4.79 Å². The molecule has 0 saturated heterocycles. The van der Waals surface area contributed by atoms with Gasteiger partial charge in [-0.3, -0.25) is 4.79 Å². The van der Waals surface area contributed by atoms with E-state index in [0.29, 0.717) is 34.4 Å². The van der Waals surface area contributed by atoms with Crippen LogP contribution in [0.2, 0.25) is 0 Å². The van der Waals surface area contributed by atoms with Crippen molar-refractivity contribution in [3.8, 4) is 0 Å². The van der Waals surface area contributed by atoms with Gasteiger partial charge in [0, 0.05) is 11.8 Å². The molecular weight excluding hydrogens is 424 g/mol. The van der Waals surface area contributed by atoms with E-state index in [1.54, 1.807) is 6.08 Å². The van der Waals surface area contributed by atoms with Crippen LogP contribution in [0.4, 0.5) is 0 Å². The molecule has 2 N–H and O–H groups in total. The quantitative estimate of drug-likeness (QED) is 0.424. The molecule has 0 radical (unpaired) electrons. The average molecular weight is 473 g/mol. The number of carbonyl (C=O) groups is 2. The van der Waals surface area contributed by atoms with Crippen LogP contribution in [0.5, 0.6) is 0 Å². The van der Waals surface area contributed by atoms with E-state index in [1.807, 2.05) is 0 Å². The number of carboxylic acid groups (broad SMARTS) is 1. The Morgan fingerprint density at radius 2 is 1.68 bits per heavy atom. The number of aliphatic carboxylic acids is 1. The maximum absolute atomic E-state index is 12.8. The van der Waals surface area contributed by atoms with Crippen molar-refractivity contribution >= 4 is 11.8 Å². The summed E-state index contributed by atoms with van der Waals surface area (Å²) in [7, 11) is 0. The molecule has 4 aliphatic rings. The largest absolute Gasteiger partial charge is 0.478 e. The summed E-state index contributed by atoms with van der Waals surface area (Å²) in [5.41, 5.74) is 0.906. The third-order valence-electron chi connectivity index (χ3n) is 12.4. The van der Waals surface area contributed by atoms with Gasteiger partial charge in [0.25, 0.3) is 0 Å². The molecule has 0 aromatic carbocycles. The topological polar surface area (TPSA) is 74.6 Å². The SMILES string of the molecule is C[C@@H](CC/C=C(\CO)C(=O)O)[C@@H]1CC[C@]2(C)[C@H]3CC[C@H]4C(C)(C)C(=O)CC[C@]4(C)[C@@H]3CC[C@]12C. The van der Waals surface area contributed by atoms with Gasteiger partial charge in [0.2, 0.25) is 0 Å². The lowest BCUT2D eigenvalue weighted by Gasteiger charge is -2.66. The number of hydrogen-bond donors (Lipinski definition) is 2. The number of allylic oxidation sites excluding steroid dienone is 1. The highest BCUT2D eigenvalue weighted by Gasteiger charge is 2.67. The number of Topliss-reactive ketones (excluding diaryl/α,β-unsaturated/α-hetero) is 1. The number of rotatable bonds is 6.